The summed E-state index contributed by atoms with van der Waals surface area (Å²) in [4.78, 5) is 13.6. The highest BCUT2D eigenvalue weighted by molar-refractivity contribution is 5.68. The Labute approximate surface area is 109 Å². The summed E-state index contributed by atoms with van der Waals surface area (Å²) in [6.45, 7) is 7.43. The molecule has 0 bridgehead atoms. The second-order valence-corrected chi connectivity index (χ2v) is 5.19. The molecule has 0 aromatic heterocycles. The van der Waals surface area contributed by atoms with E-state index in [0.717, 1.165) is 11.8 Å². The van der Waals surface area contributed by atoms with Gasteiger partial charge in [0.25, 0.3) is 0 Å². The number of aliphatic hydroxyl groups excluding tert-OH is 1. The third-order valence-corrected chi connectivity index (χ3v) is 3.34. The monoisotopic (exact) mass is 249 g/mol. The zero-order chi connectivity index (χ0) is 13.6. The summed E-state index contributed by atoms with van der Waals surface area (Å²) in [6, 6.07) is 10.1. The van der Waals surface area contributed by atoms with E-state index in [2.05, 4.69) is 18.7 Å². The van der Waals surface area contributed by atoms with E-state index in [9.17, 15) is 4.79 Å². The molecule has 3 nitrogen and oxygen atoms in total. The van der Waals surface area contributed by atoms with E-state index in [0.29, 0.717) is 19.1 Å². The number of aldehydes is 1. The van der Waals surface area contributed by atoms with Gasteiger partial charge in [-0.3, -0.25) is 4.90 Å². The number of rotatable bonds is 7. The van der Waals surface area contributed by atoms with E-state index >= 15 is 0 Å². The van der Waals surface area contributed by atoms with Crippen molar-refractivity contribution in [1.29, 1.82) is 0 Å². The molecule has 0 aliphatic heterocycles. The Kier molecular flexibility index (Phi) is 5.51. The van der Waals surface area contributed by atoms with Gasteiger partial charge < -0.3 is 9.90 Å². The van der Waals surface area contributed by atoms with Crippen LogP contribution in [-0.2, 0) is 10.2 Å². The number of nitrogens with zero attached hydrogens (tertiary/aromatic N) is 1. The second-order valence-electron chi connectivity index (χ2n) is 5.19. The lowest BCUT2D eigenvalue weighted by molar-refractivity contribution is -0.113. The van der Waals surface area contributed by atoms with Crippen molar-refractivity contribution in [2.24, 2.45) is 0 Å². The maximum atomic E-state index is 11.5. The highest BCUT2D eigenvalue weighted by Gasteiger charge is 2.29. The molecule has 1 unspecified atom stereocenters. The van der Waals surface area contributed by atoms with Crippen LogP contribution in [0.4, 0.5) is 0 Å². The molecule has 18 heavy (non-hydrogen) atoms. The average molecular weight is 249 g/mol. The quantitative estimate of drug-likeness (QED) is 0.750. The van der Waals surface area contributed by atoms with Crippen LogP contribution in [0.25, 0.3) is 0 Å². The predicted molar refractivity (Wildman–Crippen MR) is 73.7 cm³/mol. The highest BCUT2D eigenvalue weighted by atomic mass is 16.3. The molecule has 0 aliphatic rings. The van der Waals surface area contributed by atoms with Crippen molar-refractivity contribution in [3.63, 3.8) is 0 Å². The maximum Gasteiger partial charge on any atom is 0.131 e. The standard InChI is InChI=1S/C15H23NO2/c1-13(2)16(9-10-17)11-15(3,12-18)14-7-5-4-6-8-14/h4-8,12-13,17H,9-11H2,1-3H3. The molecule has 1 N–H and O–H groups in total. The fourth-order valence-electron chi connectivity index (χ4n) is 2.09. The molecule has 0 heterocycles. The highest BCUT2D eigenvalue weighted by Crippen LogP contribution is 2.23. The Morgan fingerprint density at radius 2 is 1.94 bits per heavy atom. The molecule has 0 amide bonds. The first-order valence-electron chi connectivity index (χ1n) is 6.40. The fraction of sp³-hybridized carbons (Fsp3) is 0.533. The van der Waals surface area contributed by atoms with Crippen molar-refractivity contribution in [2.45, 2.75) is 32.2 Å². The van der Waals surface area contributed by atoms with E-state index < -0.39 is 5.41 Å². The summed E-state index contributed by atoms with van der Waals surface area (Å²) in [5.41, 5.74) is 0.490. The Balaban J connectivity index is 2.91. The SMILES string of the molecule is CC(C)N(CCO)CC(C)(C=O)c1ccccc1. The van der Waals surface area contributed by atoms with Crippen molar-refractivity contribution in [3.05, 3.63) is 35.9 Å². The molecule has 1 atom stereocenters. The van der Waals surface area contributed by atoms with E-state index in [1.165, 1.54) is 0 Å². The summed E-state index contributed by atoms with van der Waals surface area (Å²) in [7, 11) is 0. The van der Waals surface area contributed by atoms with Gasteiger partial charge in [0.2, 0.25) is 0 Å². The van der Waals surface area contributed by atoms with Crippen LogP contribution in [0.1, 0.15) is 26.3 Å². The number of hydrogen-bond donors (Lipinski definition) is 1. The number of hydrogen-bond acceptors (Lipinski definition) is 3. The van der Waals surface area contributed by atoms with Crippen molar-refractivity contribution in [2.75, 3.05) is 19.7 Å². The van der Waals surface area contributed by atoms with E-state index in [1.807, 2.05) is 37.3 Å². The summed E-state index contributed by atoms with van der Waals surface area (Å²) in [5.74, 6) is 0. The zero-order valence-corrected chi connectivity index (χ0v) is 11.5. The molecule has 0 saturated heterocycles. The number of aliphatic hydroxyl groups is 1. The average Bonchev–Trinajstić information content (AvgIpc) is 2.39. The van der Waals surface area contributed by atoms with Crippen molar-refractivity contribution in [1.82, 2.24) is 4.90 Å². The minimum Gasteiger partial charge on any atom is -0.395 e. The van der Waals surface area contributed by atoms with Gasteiger partial charge in [0.15, 0.2) is 0 Å². The third kappa shape index (κ3) is 3.65. The first-order valence-corrected chi connectivity index (χ1v) is 6.40. The first kappa shape index (κ1) is 14.9. The fourth-order valence-corrected chi connectivity index (χ4v) is 2.09. The maximum absolute atomic E-state index is 11.5. The minimum atomic E-state index is -0.527. The van der Waals surface area contributed by atoms with Crippen molar-refractivity contribution in [3.8, 4) is 0 Å². The normalized spacial score (nSPS) is 14.8. The topological polar surface area (TPSA) is 40.5 Å². The number of carbonyl (C=O) groups excluding carboxylic acids is 1. The molecule has 0 saturated carbocycles. The smallest absolute Gasteiger partial charge is 0.131 e. The van der Waals surface area contributed by atoms with Gasteiger partial charge >= 0.3 is 0 Å². The summed E-state index contributed by atoms with van der Waals surface area (Å²) in [5, 5.41) is 9.10. The Morgan fingerprint density at radius 3 is 2.39 bits per heavy atom. The molecule has 0 aliphatic carbocycles. The molecular formula is C15H23NO2. The van der Waals surface area contributed by atoms with Crippen LogP contribution in [0.5, 0.6) is 0 Å². The van der Waals surface area contributed by atoms with Gasteiger partial charge in [0.1, 0.15) is 6.29 Å². The van der Waals surface area contributed by atoms with Gasteiger partial charge in [0, 0.05) is 19.1 Å². The number of benzene rings is 1. The lowest BCUT2D eigenvalue weighted by Crippen LogP contribution is -2.44. The molecule has 3 heteroatoms. The number of carbonyl (C=O) groups is 1. The Hall–Kier alpha value is -1.19. The predicted octanol–water partition coefficient (Wildman–Crippen LogP) is 1.85. The lowest BCUT2D eigenvalue weighted by Gasteiger charge is -2.34. The van der Waals surface area contributed by atoms with Crippen LogP contribution in [0.15, 0.2) is 30.3 Å². The molecule has 1 aromatic carbocycles. The van der Waals surface area contributed by atoms with Crippen LogP contribution in [0, 0.1) is 0 Å². The molecule has 1 rings (SSSR count). The van der Waals surface area contributed by atoms with Crippen LogP contribution < -0.4 is 0 Å². The van der Waals surface area contributed by atoms with Crippen LogP contribution >= 0.6 is 0 Å². The van der Waals surface area contributed by atoms with Crippen LogP contribution in [0.2, 0.25) is 0 Å². The first-order chi connectivity index (χ1) is 8.53. The molecule has 0 fully saturated rings. The van der Waals surface area contributed by atoms with Gasteiger partial charge in [-0.25, -0.2) is 0 Å². The van der Waals surface area contributed by atoms with E-state index in [1.54, 1.807) is 0 Å². The van der Waals surface area contributed by atoms with Gasteiger partial charge in [-0.1, -0.05) is 30.3 Å². The Bertz CT molecular complexity index is 364. The molecule has 100 valence electrons. The lowest BCUT2D eigenvalue weighted by atomic mass is 9.83. The minimum absolute atomic E-state index is 0.113. The molecule has 0 radical (unpaired) electrons. The van der Waals surface area contributed by atoms with Gasteiger partial charge in [0.05, 0.1) is 12.0 Å². The molecule has 0 spiro atoms. The van der Waals surface area contributed by atoms with E-state index in [4.69, 9.17) is 5.11 Å². The van der Waals surface area contributed by atoms with Gasteiger partial charge in [-0.05, 0) is 26.3 Å². The van der Waals surface area contributed by atoms with Crippen LogP contribution in [0.3, 0.4) is 0 Å². The largest absolute Gasteiger partial charge is 0.395 e. The second kappa shape index (κ2) is 6.66. The Morgan fingerprint density at radius 1 is 1.33 bits per heavy atom. The zero-order valence-electron chi connectivity index (χ0n) is 11.5. The molecule has 1 aromatic rings. The van der Waals surface area contributed by atoms with Crippen molar-refractivity contribution >= 4 is 6.29 Å². The summed E-state index contributed by atoms with van der Waals surface area (Å²) in [6.07, 6.45) is 1.01. The third-order valence-electron chi connectivity index (χ3n) is 3.34. The van der Waals surface area contributed by atoms with Gasteiger partial charge in [-0.2, -0.15) is 0 Å². The van der Waals surface area contributed by atoms with Crippen molar-refractivity contribution < 1.29 is 9.90 Å². The molecular weight excluding hydrogens is 226 g/mol. The van der Waals surface area contributed by atoms with Gasteiger partial charge in [-0.15, -0.1) is 0 Å². The van der Waals surface area contributed by atoms with Crippen LogP contribution in [-0.4, -0.2) is 42.0 Å². The van der Waals surface area contributed by atoms with E-state index in [-0.39, 0.29) is 6.61 Å². The summed E-state index contributed by atoms with van der Waals surface area (Å²) >= 11 is 0. The summed E-state index contributed by atoms with van der Waals surface area (Å²) < 4.78 is 0.